The van der Waals surface area contributed by atoms with E-state index in [4.69, 9.17) is 0 Å². The molecule has 2 rings (SSSR count). The molecule has 0 bridgehead atoms. The van der Waals surface area contributed by atoms with Crippen molar-refractivity contribution in [3.8, 4) is 0 Å². The van der Waals surface area contributed by atoms with Crippen LogP contribution in [0.1, 0.15) is 11.1 Å². The van der Waals surface area contributed by atoms with Gasteiger partial charge in [0.2, 0.25) is 5.79 Å². The van der Waals surface area contributed by atoms with E-state index in [2.05, 4.69) is 0 Å². The first kappa shape index (κ1) is 13.5. The summed E-state index contributed by atoms with van der Waals surface area (Å²) in [6.07, 6.45) is 0. The molecule has 2 N–H and O–H groups in total. The summed E-state index contributed by atoms with van der Waals surface area (Å²) in [5, 5.41) is 19.7. The van der Waals surface area contributed by atoms with Gasteiger partial charge in [0.1, 0.15) is 23.3 Å². The largest absolute Gasteiger partial charge is 0.358 e. The zero-order valence-corrected chi connectivity index (χ0v) is 9.37. The third-order valence-corrected chi connectivity index (χ3v) is 2.53. The zero-order valence-electron chi connectivity index (χ0n) is 9.37. The van der Waals surface area contributed by atoms with Crippen LogP contribution in [0.4, 0.5) is 17.6 Å². The van der Waals surface area contributed by atoms with Gasteiger partial charge < -0.3 is 10.2 Å². The fourth-order valence-electron chi connectivity index (χ4n) is 1.68. The zero-order chi connectivity index (χ0) is 14.2. The molecular formula is C13H8F4O2. The van der Waals surface area contributed by atoms with Crippen LogP contribution >= 0.6 is 0 Å². The maximum absolute atomic E-state index is 13.0. The highest BCUT2D eigenvalue weighted by atomic mass is 19.1. The van der Waals surface area contributed by atoms with Crippen LogP contribution in [0.5, 0.6) is 0 Å². The fourth-order valence-corrected chi connectivity index (χ4v) is 1.68. The summed E-state index contributed by atoms with van der Waals surface area (Å²) in [5.41, 5.74) is -1.15. The fraction of sp³-hybridized carbons (Fsp3) is 0.0769. The Hall–Kier alpha value is -1.92. The van der Waals surface area contributed by atoms with Crippen LogP contribution in [0.3, 0.4) is 0 Å². The minimum Gasteiger partial charge on any atom is -0.358 e. The summed E-state index contributed by atoms with van der Waals surface area (Å²) in [5.74, 6) is -7.08. The molecule has 2 aromatic rings. The molecule has 0 radical (unpaired) electrons. The van der Waals surface area contributed by atoms with E-state index in [0.717, 1.165) is 0 Å². The molecule has 0 aliphatic rings. The standard InChI is InChI=1S/C13H8F4O2/c14-9-1-7(2-10(15)5-9)13(18,19)8-3-11(16)6-12(17)4-8/h1-6,18-19H. The van der Waals surface area contributed by atoms with Gasteiger partial charge in [0.15, 0.2) is 0 Å². The third kappa shape index (κ3) is 2.74. The van der Waals surface area contributed by atoms with Crippen LogP contribution in [-0.2, 0) is 5.79 Å². The van der Waals surface area contributed by atoms with Gasteiger partial charge in [-0.25, -0.2) is 17.6 Å². The minimum absolute atomic E-state index is 0.533. The molecule has 0 heterocycles. The Bertz CT molecular complexity index is 532. The van der Waals surface area contributed by atoms with Gasteiger partial charge in [0.05, 0.1) is 0 Å². The second-order valence-electron chi connectivity index (χ2n) is 3.99. The minimum atomic E-state index is -2.91. The van der Waals surface area contributed by atoms with Crippen LogP contribution in [0.15, 0.2) is 36.4 Å². The van der Waals surface area contributed by atoms with Gasteiger partial charge in [-0.15, -0.1) is 0 Å². The van der Waals surface area contributed by atoms with E-state index in [-0.39, 0.29) is 0 Å². The normalized spacial score (nSPS) is 11.7. The van der Waals surface area contributed by atoms with Crippen LogP contribution < -0.4 is 0 Å². The first-order valence-corrected chi connectivity index (χ1v) is 5.17. The van der Waals surface area contributed by atoms with Crippen molar-refractivity contribution in [1.82, 2.24) is 0 Å². The van der Waals surface area contributed by atoms with Crippen molar-refractivity contribution in [3.63, 3.8) is 0 Å². The molecule has 0 fully saturated rings. The van der Waals surface area contributed by atoms with Crippen LogP contribution in [0.2, 0.25) is 0 Å². The van der Waals surface area contributed by atoms with E-state index < -0.39 is 40.2 Å². The molecule has 100 valence electrons. The second-order valence-corrected chi connectivity index (χ2v) is 3.99. The third-order valence-electron chi connectivity index (χ3n) is 2.53. The van der Waals surface area contributed by atoms with E-state index in [9.17, 15) is 27.8 Å². The lowest BCUT2D eigenvalue weighted by Gasteiger charge is -2.23. The number of benzene rings is 2. The van der Waals surface area contributed by atoms with Crippen LogP contribution in [-0.4, -0.2) is 10.2 Å². The molecule has 0 unspecified atom stereocenters. The van der Waals surface area contributed by atoms with E-state index in [1.165, 1.54) is 0 Å². The van der Waals surface area contributed by atoms with Crippen molar-refractivity contribution in [2.45, 2.75) is 5.79 Å². The summed E-state index contributed by atoms with van der Waals surface area (Å²) in [7, 11) is 0. The van der Waals surface area contributed by atoms with Crippen LogP contribution in [0, 0.1) is 23.3 Å². The number of halogens is 4. The quantitative estimate of drug-likeness (QED) is 0.651. The Kier molecular flexibility index (Phi) is 3.30. The molecular weight excluding hydrogens is 264 g/mol. The molecule has 0 atom stereocenters. The molecule has 2 nitrogen and oxygen atoms in total. The molecule has 2 aromatic carbocycles. The van der Waals surface area contributed by atoms with E-state index >= 15 is 0 Å². The molecule has 19 heavy (non-hydrogen) atoms. The van der Waals surface area contributed by atoms with Crippen molar-refractivity contribution >= 4 is 0 Å². The van der Waals surface area contributed by atoms with Crippen molar-refractivity contribution < 1.29 is 27.8 Å². The SMILES string of the molecule is OC(O)(c1cc(F)cc(F)c1)c1cc(F)cc(F)c1. The smallest absolute Gasteiger partial charge is 0.217 e. The topological polar surface area (TPSA) is 40.5 Å². The van der Waals surface area contributed by atoms with Crippen molar-refractivity contribution in [2.24, 2.45) is 0 Å². The van der Waals surface area contributed by atoms with Gasteiger partial charge >= 0.3 is 0 Å². The van der Waals surface area contributed by atoms with Gasteiger partial charge in [-0.2, -0.15) is 0 Å². The molecule has 0 aliphatic carbocycles. The molecule has 0 spiro atoms. The van der Waals surface area contributed by atoms with Gasteiger partial charge in [-0.3, -0.25) is 0 Å². The second kappa shape index (κ2) is 4.64. The maximum Gasteiger partial charge on any atom is 0.217 e. The molecule has 0 saturated carbocycles. The summed E-state index contributed by atoms with van der Waals surface area (Å²) in [6, 6.07) is 3.70. The maximum atomic E-state index is 13.0. The first-order valence-electron chi connectivity index (χ1n) is 5.17. The molecule has 0 aliphatic heterocycles. The van der Waals surface area contributed by atoms with Crippen molar-refractivity contribution in [2.75, 3.05) is 0 Å². The van der Waals surface area contributed by atoms with E-state index in [1.807, 2.05) is 0 Å². The summed E-state index contributed by atoms with van der Waals surface area (Å²) < 4.78 is 52.1. The van der Waals surface area contributed by atoms with Gasteiger partial charge in [-0.05, 0) is 24.3 Å². The van der Waals surface area contributed by atoms with Gasteiger partial charge in [0, 0.05) is 23.3 Å². The summed E-state index contributed by atoms with van der Waals surface area (Å²) >= 11 is 0. The Morgan fingerprint density at radius 1 is 0.579 bits per heavy atom. The Balaban J connectivity index is 2.57. The highest BCUT2D eigenvalue weighted by Gasteiger charge is 2.30. The highest BCUT2D eigenvalue weighted by molar-refractivity contribution is 5.34. The Morgan fingerprint density at radius 3 is 1.11 bits per heavy atom. The average Bonchev–Trinajstić information content (AvgIpc) is 2.26. The molecule has 6 heteroatoms. The summed E-state index contributed by atoms with van der Waals surface area (Å²) in [4.78, 5) is 0. The number of rotatable bonds is 2. The number of hydrogen-bond acceptors (Lipinski definition) is 2. The number of hydrogen-bond donors (Lipinski definition) is 2. The summed E-state index contributed by atoms with van der Waals surface area (Å²) in [6.45, 7) is 0. The number of aliphatic hydroxyl groups is 2. The molecule has 0 amide bonds. The highest BCUT2D eigenvalue weighted by Crippen LogP contribution is 2.29. The first-order chi connectivity index (χ1) is 8.79. The monoisotopic (exact) mass is 272 g/mol. The van der Waals surface area contributed by atoms with Gasteiger partial charge in [-0.1, -0.05) is 0 Å². The van der Waals surface area contributed by atoms with Crippen molar-refractivity contribution in [3.05, 3.63) is 70.8 Å². The predicted molar refractivity (Wildman–Crippen MR) is 57.9 cm³/mol. The van der Waals surface area contributed by atoms with Crippen LogP contribution in [0.25, 0.3) is 0 Å². The van der Waals surface area contributed by atoms with Crippen molar-refractivity contribution in [1.29, 1.82) is 0 Å². The van der Waals surface area contributed by atoms with Gasteiger partial charge in [0.25, 0.3) is 0 Å². The lowest BCUT2D eigenvalue weighted by molar-refractivity contribution is -0.132. The Labute approximate surface area is 105 Å². The van der Waals surface area contributed by atoms with E-state index in [1.54, 1.807) is 0 Å². The molecule has 0 saturated heterocycles. The lowest BCUT2D eigenvalue weighted by atomic mass is 9.97. The lowest BCUT2D eigenvalue weighted by Crippen LogP contribution is -2.27. The predicted octanol–water partition coefficient (Wildman–Crippen LogP) is 2.43. The Morgan fingerprint density at radius 2 is 0.842 bits per heavy atom. The average molecular weight is 272 g/mol. The molecule has 0 aromatic heterocycles. The van der Waals surface area contributed by atoms with E-state index in [0.29, 0.717) is 36.4 Å².